The molecule has 108 valence electrons. The van der Waals surface area contributed by atoms with Crippen molar-refractivity contribution in [2.45, 2.75) is 32.8 Å². The molecule has 20 heavy (non-hydrogen) atoms. The Balaban J connectivity index is 2.06. The molecule has 6 heteroatoms. The molecule has 1 fully saturated rings. The van der Waals surface area contributed by atoms with E-state index in [0.717, 1.165) is 48.6 Å². The maximum Gasteiger partial charge on any atom is 0.223 e. The topological polar surface area (TPSA) is 64.3 Å². The molecule has 0 radical (unpaired) electrons. The highest BCUT2D eigenvalue weighted by atomic mass is 32.1. The average molecular weight is 292 g/mol. The normalized spacial score (nSPS) is 20.3. The third-order valence-corrected chi connectivity index (χ3v) is 4.71. The van der Waals surface area contributed by atoms with E-state index in [1.807, 2.05) is 0 Å². The Hall–Kier alpha value is -1.40. The third kappa shape index (κ3) is 2.58. The fraction of sp³-hybridized carbons (Fsp3) is 0.571. The van der Waals surface area contributed by atoms with Crippen molar-refractivity contribution in [3.63, 3.8) is 0 Å². The Kier molecular flexibility index (Phi) is 3.76. The summed E-state index contributed by atoms with van der Waals surface area (Å²) in [4.78, 5) is 13.5. The van der Waals surface area contributed by atoms with Gasteiger partial charge in [-0.1, -0.05) is 6.92 Å². The molecule has 3 heterocycles. The zero-order chi connectivity index (χ0) is 14.1. The molecule has 0 spiro atoms. The molecule has 0 bridgehead atoms. The van der Waals surface area contributed by atoms with Crippen molar-refractivity contribution in [2.24, 2.45) is 0 Å². The number of aromatic nitrogens is 2. The first-order valence-corrected chi connectivity index (χ1v) is 7.91. The molecule has 2 aromatic heterocycles. The second-order valence-corrected chi connectivity index (χ2v) is 6.29. The summed E-state index contributed by atoms with van der Waals surface area (Å²) in [5.41, 5.74) is 5.88. The first-order valence-electron chi connectivity index (χ1n) is 7.10. The highest BCUT2D eigenvalue weighted by molar-refractivity contribution is 7.18. The standard InChI is InChI=1S/C14H20N4OS/c1-3-10-7-11-12(16-14(15)17-13(11)20-10)18-5-4-6-19-9(2)8-18/h7,9H,3-6,8H2,1-2H3,(H2,15,16,17). The van der Waals surface area contributed by atoms with Gasteiger partial charge in [-0.05, 0) is 25.8 Å². The van der Waals surface area contributed by atoms with Crippen LogP contribution < -0.4 is 10.6 Å². The van der Waals surface area contributed by atoms with Crippen LogP contribution in [-0.2, 0) is 11.2 Å². The van der Waals surface area contributed by atoms with Crippen LogP contribution in [0.4, 0.5) is 11.8 Å². The third-order valence-electron chi connectivity index (χ3n) is 3.54. The van der Waals surface area contributed by atoms with Crippen LogP contribution in [0.5, 0.6) is 0 Å². The Morgan fingerprint density at radius 3 is 3.15 bits per heavy atom. The highest BCUT2D eigenvalue weighted by Crippen LogP contribution is 2.32. The summed E-state index contributed by atoms with van der Waals surface area (Å²) < 4.78 is 5.71. The van der Waals surface area contributed by atoms with E-state index in [4.69, 9.17) is 10.5 Å². The molecular weight excluding hydrogens is 272 g/mol. The van der Waals surface area contributed by atoms with Gasteiger partial charge in [0.2, 0.25) is 5.95 Å². The SMILES string of the molecule is CCc1cc2c(N3CCCOC(C)C3)nc(N)nc2s1. The summed E-state index contributed by atoms with van der Waals surface area (Å²) in [6, 6.07) is 2.20. The van der Waals surface area contributed by atoms with E-state index in [2.05, 4.69) is 34.8 Å². The van der Waals surface area contributed by atoms with Gasteiger partial charge in [-0.2, -0.15) is 4.98 Å². The zero-order valence-corrected chi connectivity index (χ0v) is 12.7. The van der Waals surface area contributed by atoms with Crippen LogP contribution in [0.2, 0.25) is 0 Å². The number of ether oxygens (including phenoxy) is 1. The number of nitrogen functional groups attached to an aromatic ring is 1. The number of fused-ring (bicyclic) bond motifs is 1. The summed E-state index contributed by atoms with van der Waals surface area (Å²) >= 11 is 1.71. The predicted octanol–water partition coefficient (Wildman–Crippen LogP) is 2.45. The molecule has 2 aromatic rings. The minimum Gasteiger partial charge on any atom is -0.377 e. The van der Waals surface area contributed by atoms with E-state index in [1.54, 1.807) is 11.3 Å². The summed E-state index contributed by atoms with van der Waals surface area (Å²) in [6.45, 7) is 6.87. The molecule has 0 saturated carbocycles. The second-order valence-electron chi connectivity index (χ2n) is 5.17. The molecule has 0 aromatic carbocycles. The zero-order valence-electron chi connectivity index (χ0n) is 11.9. The van der Waals surface area contributed by atoms with Crippen molar-refractivity contribution >= 4 is 33.3 Å². The van der Waals surface area contributed by atoms with Gasteiger partial charge in [0.15, 0.2) is 0 Å². The van der Waals surface area contributed by atoms with Gasteiger partial charge in [-0.3, -0.25) is 0 Å². The number of rotatable bonds is 2. The van der Waals surface area contributed by atoms with Crippen molar-refractivity contribution in [1.29, 1.82) is 0 Å². The first kappa shape index (κ1) is 13.6. The second kappa shape index (κ2) is 5.54. The minimum absolute atomic E-state index is 0.216. The molecule has 1 aliphatic rings. The summed E-state index contributed by atoms with van der Waals surface area (Å²) in [6.07, 6.45) is 2.24. The number of aryl methyl sites for hydroxylation is 1. The number of nitrogens with two attached hydrogens (primary N) is 1. The molecular formula is C14H20N4OS. The summed E-state index contributed by atoms with van der Waals surface area (Å²) in [5, 5.41) is 1.12. The van der Waals surface area contributed by atoms with Crippen molar-refractivity contribution in [2.75, 3.05) is 30.3 Å². The van der Waals surface area contributed by atoms with Crippen LogP contribution in [0.25, 0.3) is 10.2 Å². The van der Waals surface area contributed by atoms with Gasteiger partial charge < -0.3 is 15.4 Å². The number of hydrogen-bond acceptors (Lipinski definition) is 6. The van der Waals surface area contributed by atoms with Crippen LogP contribution >= 0.6 is 11.3 Å². The van der Waals surface area contributed by atoms with Gasteiger partial charge in [-0.25, -0.2) is 4.98 Å². The molecule has 2 N–H and O–H groups in total. The molecule has 0 aliphatic carbocycles. The van der Waals surface area contributed by atoms with Crippen molar-refractivity contribution in [3.8, 4) is 0 Å². The molecule has 3 rings (SSSR count). The Morgan fingerprint density at radius 2 is 2.35 bits per heavy atom. The van der Waals surface area contributed by atoms with E-state index in [0.29, 0.717) is 5.95 Å². The lowest BCUT2D eigenvalue weighted by atomic mass is 10.2. The van der Waals surface area contributed by atoms with Gasteiger partial charge in [0.05, 0.1) is 11.5 Å². The fourth-order valence-corrected chi connectivity index (χ4v) is 3.54. The predicted molar refractivity (Wildman–Crippen MR) is 83.4 cm³/mol. The first-order chi connectivity index (χ1) is 9.67. The van der Waals surface area contributed by atoms with Gasteiger partial charge in [-0.15, -0.1) is 11.3 Å². The average Bonchev–Trinajstić information content (AvgIpc) is 2.71. The van der Waals surface area contributed by atoms with E-state index >= 15 is 0 Å². The number of nitrogens with zero attached hydrogens (tertiary/aromatic N) is 3. The quantitative estimate of drug-likeness (QED) is 0.921. The lowest BCUT2D eigenvalue weighted by molar-refractivity contribution is 0.0820. The largest absolute Gasteiger partial charge is 0.377 e. The van der Waals surface area contributed by atoms with Crippen molar-refractivity contribution in [3.05, 3.63) is 10.9 Å². The summed E-state index contributed by atoms with van der Waals surface area (Å²) in [5.74, 6) is 1.32. The van der Waals surface area contributed by atoms with E-state index < -0.39 is 0 Å². The molecule has 1 atom stereocenters. The van der Waals surface area contributed by atoms with Gasteiger partial charge in [0, 0.05) is 24.6 Å². The maximum absolute atomic E-state index is 5.88. The van der Waals surface area contributed by atoms with Crippen LogP contribution in [0.15, 0.2) is 6.07 Å². The number of hydrogen-bond donors (Lipinski definition) is 1. The molecule has 1 saturated heterocycles. The van der Waals surface area contributed by atoms with Gasteiger partial charge in [0.1, 0.15) is 10.6 Å². The van der Waals surface area contributed by atoms with Crippen molar-refractivity contribution < 1.29 is 4.74 Å². The number of thiophene rings is 1. The van der Waals surface area contributed by atoms with E-state index in [9.17, 15) is 0 Å². The molecule has 5 nitrogen and oxygen atoms in total. The Bertz CT molecular complexity index is 612. The van der Waals surface area contributed by atoms with Crippen LogP contribution in [0, 0.1) is 0 Å². The van der Waals surface area contributed by atoms with Gasteiger partial charge >= 0.3 is 0 Å². The maximum atomic E-state index is 5.88. The van der Waals surface area contributed by atoms with E-state index in [-0.39, 0.29) is 6.10 Å². The van der Waals surface area contributed by atoms with Gasteiger partial charge in [0.25, 0.3) is 0 Å². The van der Waals surface area contributed by atoms with Crippen LogP contribution in [-0.4, -0.2) is 35.8 Å². The highest BCUT2D eigenvalue weighted by Gasteiger charge is 2.20. The monoisotopic (exact) mass is 292 g/mol. The Morgan fingerprint density at radius 1 is 1.50 bits per heavy atom. The lowest BCUT2D eigenvalue weighted by Crippen LogP contribution is -2.31. The fourth-order valence-electron chi connectivity index (χ4n) is 2.57. The minimum atomic E-state index is 0.216. The Labute approximate surface area is 122 Å². The summed E-state index contributed by atoms with van der Waals surface area (Å²) in [7, 11) is 0. The smallest absolute Gasteiger partial charge is 0.223 e. The molecule has 1 unspecified atom stereocenters. The van der Waals surface area contributed by atoms with Crippen LogP contribution in [0.3, 0.4) is 0 Å². The molecule has 0 amide bonds. The molecule has 1 aliphatic heterocycles. The van der Waals surface area contributed by atoms with E-state index in [1.165, 1.54) is 4.88 Å². The number of anilines is 2. The van der Waals surface area contributed by atoms with Crippen molar-refractivity contribution in [1.82, 2.24) is 9.97 Å². The van der Waals surface area contributed by atoms with Crippen LogP contribution in [0.1, 0.15) is 25.1 Å². The lowest BCUT2D eigenvalue weighted by Gasteiger charge is -2.23.